The highest BCUT2D eigenvalue weighted by molar-refractivity contribution is 6.11. The number of nitrogens with zero attached hydrogens (tertiary/aromatic N) is 3. The maximum Gasteiger partial charge on any atom is 0.161 e. The molecule has 0 aliphatic heterocycles. The van der Waals surface area contributed by atoms with Crippen molar-refractivity contribution in [3.8, 4) is 33.6 Å². The molecule has 0 amide bonds. The van der Waals surface area contributed by atoms with Gasteiger partial charge in [0.05, 0.1) is 5.52 Å². The number of benzene rings is 4. The fourth-order valence-electron chi connectivity index (χ4n) is 4.66. The van der Waals surface area contributed by atoms with Crippen LogP contribution < -0.4 is 0 Å². The van der Waals surface area contributed by atoms with Crippen molar-refractivity contribution in [3.05, 3.63) is 116 Å². The minimum atomic E-state index is 0.714. The third kappa shape index (κ3) is 3.27. The van der Waals surface area contributed by atoms with Crippen molar-refractivity contribution in [2.24, 2.45) is 0 Å². The van der Waals surface area contributed by atoms with Crippen molar-refractivity contribution in [1.82, 2.24) is 15.0 Å². The Morgan fingerprint density at radius 2 is 1.29 bits per heavy atom. The second kappa shape index (κ2) is 7.89. The van der Waals surface area contributed by atoms with Crippen LogP contribution in [0.4, 0.5) is 0 Å². The lowest BCUT2D eigenvalue weighted by Crippen LogP contribution is -1.90. The fraction of sp³-hybridized carbons (Fsp3) is 0. The van der Waals surface area contributed by atoms with Crippen molar-refractivity contribution in [2.45, 2.75) is 0 Å². The normalized spacial score (nSPS) is 11.4. The average Bonchev–Trinajstić information content (AvgIpc) is 3.32. The Morgan fingerprint density at radius 1 is 0.543 bits per heavy atom. The van der Waals surface area contributed by atoms with Crippen molar-refractivity contribution >= 4 is 33.0 Å². The minimum absolute atomic E-state index is 0.714. The van der Waals surface area contributed by atoms with Gasteiger partial charge in [0.1, 0.15) is 11.1 Å². The van der Waals surface area contributed by atoms with E-state index in [-0.39, 0.29) is 0 Å². The second-order valence-electron chi connectivity index (χ2n) is 8.52. The zero-order chi connectivity index (χ0) is 23.2. The molecule has 4 aromatic carbocycles. The number of furan rings is 1. The van der Waals surface area contributed by atoms with E-state index in [0.29, 0.717) is 5.82 Å². The van der Waals surface area contributed by atoms with E-state index in [2.05, 4.69) is 64.6 Å². The van der Waals surface area contributed by atoms with Gasteiger partial charge in [-0.25, -0.2) is 9.97 Å². The van der Waals surface area contributed by atoms with Crippen LogP contribution in [0.2, 0.25) is 0 Å². The van der Waals surface area contributed by atoms with Crippen LogP contribution in [-0.4, -0.2) is 15.0 Å². The van der Waals surface area contributed by atoms with E-state index in [1.54, 1.807) is 0 Å². The molecule has 0 aliphatic rings. The number of fused-ring (bicyclic) bond motifs is 4. The van der Waals surface area contributed by atoms with Crippen LogP contribution >= 0.6 is 0 Å². The smallest absolute Gasteiger partial charge is 0.161 e. The van der Waals surface area contributed by atoms with Crippen LogP contribution in [0.15, 0.2) is 120 Å². The predicted molar refractivity (Wildman–Crippen MR) is 141 cm³/mol. The SMILES string of the molecule is c1ccc(-c2cccc3c2oc2c(-c4ccc(-c5ncc6ccccc6n5)cc4)ccnc23)cc1. The molecule has 0 radical (unpaired) electrons. The molecular formula is C31H19N3O. The van der Waals surface area contributed by atoms with E-state index in [9.17, 15) is 0 Å². The summed E-state index contributed by atoms with van der Waals surface area (Å²) in [5.41, 5.74) is 8.69. The first-order chi connectivity index (χ1) is 17.3. The summed E-state index contributed by atoms with van der Waals surface area (Å²) >= 11 is 0. The molecule has 164 valence electrons. The molecule has 0 spiro atoms. The Labute approximate surface area is 201 Å². The minimum Gasteiger partial charge on any atom is -0.453 e. The van der Waals surface area contributed by atoms with Crippen molar-refractivity contribution < 1.29 is 4.42 Å². The lowest BCUT2D eigenvalue weighted by Gasteiger charge is -2.05. The summed E-state index contributed by atoms with van der Waals surface area (Å²) in [6, 6.07) is 34.9. The number of para-hydroxylation sites is 2. The molecule has 0 unspecified atom stereocenters. The fourth-order valence-corrected chi connectivity index (χ4v) is 4.66. The van der Waals surface area contributed by atoms with E-state index in [1.165, 1.54) is 0 Å². The third-order valence-electron chi connectivity index (χ3n) is 6.41. The van der Waals surface area contributed by atoms with Gasteiger partial charge in [-0.3, -0.25) is 4.98 Å². The van der Waals surface area contributed by atoms with Gasteiger partial charge in [-0.15, -0.1) is 0 Å². The Balaban J connectivity index is 1.34. The summed E-state index contributed by atoms with van der Waals surface area (Å²) < 4.78 is 6.50. The second-order valence-corrected chi connectivity index (χ2v) is 8.52. The number of hydrogen-bond acceptors (Lipinski definition) is 4. The largest absolute Gasteiger partial charge is 0.453 e. The zero-order valence-corrected chi connectivity index (χ0v) is 18.7. The molecule has 0 bridgehead atoms. The Kier molecular flexibility index (Phi) is 4.42. The van der Waals surface area contributed by atoms with Crippen molar-refractivity contribution in [1.29, 1.82) is 0 Å². The molecule has 4 nitrogen and oxygen atoms in total. The highest BCUT2D eigenvalue weighted by atomic mass is 16.3. The van der Waals surface area contributed by atoms with Crippen LogP contribution in [0.25, 0.3) is 66.6 Å². The monoisotopic (exact) mass is 449 g/mol. The van der Waals surface area contributed by atoms with Crippen molar-refractivity contribution in [3.63, 3.8) is 0 Å². The van der Waals surface area contributed by atoms with Gasteiger partial charge in [0.25, 0.3) is 0 Å². The summed E-state index contributed by atoms with van der Waals surface area (Å²) in [5, 5.41) is 2.05. The highest BCUT2D eigenvalue weighted by Gasteiger charge is 2.16. The molecule has 0 saturated carbocycles. The molecule has 7 aromatic rings. The lowest BCUT2D eigenvalue weighted by atomic mass is 10.0. The molecule has 0 N–H and O–H groups in total. The molecule has 4 heteroatoms. The number of rotatable bonds is 3. The van der Waals surface area contributed by atoms with Crippen LogP contribution in [-0.2, 0) is 0 Å². The van der Waals surface area contributed by atoms with E-state index in [4.69, 9.17) is 9.40 Å². The van der Waals surface area contributed by atoms with Crippen LogP contribution in [0.1, 0.15) is 0 Å². The van der Waals surface area contributed by atoms with Gasteiger partial charge in [0, 0.05) is 39.9 Å². The lowest BCUT2D eigenvalue weighted by molar-refractivity contribution is 0.670. The number of aromatic nitrogens is 3. The summed E-state index contributed by atoms with van der Waals surface area (Å²) in [6.07, 6.45) is 3.72. The first kappa shape index (κ1) is 19.6. The topological polar surface area (TPSA) is 51.8 Å². The zero-order valence-electron chi connectivity index (χ0n) is 18.7. The summed E-state index contributed by atoms with van der Waals surface area (Å²) in [4.78, 5) is 14.0. The molecular weight excluding hydrogens is 430 g/mol. The van der Waals surface area contributed by atoms with E-state index < -0.39 is 0 Å². The first-order valence-corrected chi connectivity index (χ1v) is 11.5. The third-order valence-corrected chi connectivity index (χ3v) is 6.41. The Bertz CT molecular complexity index is 1840. The summed E-state index contributed by atoms with van der Waals surface area (Å²) in [6.45, 7) is 0. The first-order valence-electron chi connectivity index (χ1n) is 11.5. The Hall–Kier alpha value is -4.83. The molecule has 0 saturated heterocycles. The van der Waals surface area contributed by atoms with Gasteiger partial charge < -0.3 is 4.42 Å². The summed E-state index contributed by atoms with van der Waals surface area (Å²) in [7, 11) is 0. The standard InChI is InChI=1S/C31H19N3O/c1-2-7-20(8-3-1)24-10-6-11-26-28-30(35-29(24)26)25(17-18-32-28)21-13-15-22(16-14-21)31-33-19-23-9-4-5-12-27(23)34-31/h1-19H. The van der Waals surface area contributed by atoms with Crippen LogP contribution in [0, 0.1) is 0 Å². The molecule has 35 heavy (non-hydrogen) atoms. The van der Waals surface area contributed by atoms with Gasteiger partial charge in [-0.1, -0.05) is 84.9 Å². The molecule has 0 fully saturated rings. The van der Waals surface area contributed by atoms with Gasteiger partial charge in [0.2, 0.25) is 0 Å². The highest BCUT2D eigenvalue weighted by Crippen LogP contribution is 2.38. The molecule has 0 aliphatic carbocycles. The quantitative estimate of drug-likeness (QED) is 0.275. The molecule has 0 atom stereocenters. The number of pyridine rings is 1. The number of hydrogen-bond donors (Lipinski definition) is 0. The maximum absolute atomic E-state index is 6.50. The maximum atomic E-state index is 6.50. The van der Waals surface area contributed by atoms with Gasteiger partial charge in [-0.05, 0) is 29.3 Å². The molecule has 3 aromatic heterocycles. The predicted octanol–water partition coefficient (Wildman–Crippen LogP) is 7.93. The van der Waals surface area contributed by atoms with Crippen molar-refractivity contribution in [2.75, 3.05) is 0 Å². The van der Waals surface area contributed by atoms with Crippen LogP contribution in [0.3, 0.4) is 0 Å². The summed E-state index contributed by atoms with van der Waals surface area (Å²) in [5.74, 6) is 0.714. The van der Waals surface area contributed by atoms with E-state index in [1.807, 2.05) is 60.9 Å². The van der Waals surface area contributed by atoms with Gasteiger partial charge >= 0.3 is 0 Å². The van der Waals surface area contributed by atoms with Crippen LogP contribution in [0.5, 0.6) is 0 Å². The molecule has 3 heterocycles. The molecule has 7 rings (SSSR count). The van der Waals surface area contributed by atoms with Gasteiger partial charge in [-0.2, -0.15) is 0 Å². The average molecular weight is 450 g/mol. The Morgan fingerprint density at radius 3 is 2.17 bits per heavy atom. The van der Waals surface area contributed by atoms with E-state index in [0.717, 1.165) is 60.8 Å². The van der Waals surface area contributed by atoms with Gasteiger partial charge in [0.15, 0.2) is 11.4 Å². The van der Waals surface area contributed by atoms with E-state index >= 15 is 0 Å².